The molecule has 1 fully saturated rings. The van der Waals surface area contributed by atoms with Crippen molar-refractivity contribution in [3.8, 4) is 11.3 Å². The number of fused-ring (bicyclic) bond motifs is 1. The van der Waals surface area contributed by atoms with Gasteiger partial charge in [-0.1, -0.05) is 19.9 Å². The van der Waals surface area contributed by atoms with Crippen molar-refractivity contribution in [3.63, 3.8) is 0 Å². The average Bonchev–Trinajstić information content (AvgIpc) is 3.21. The summed E-state index contributed by atoms with van der Waals surface area (Å²) >= 11 is 0. The van der Waals surface area contributed by atoms with Gasteiger partial charge in [-0.2, -0.15) is 0 Å². The van der Waals surface area contributed by atoms with E-state index >= 15 is 0 Å². The van der Waals surface area contributed by atoms with Gasteiger partial charge in [0.2, 0.25) is 5.91 Å². The van der Waals surface area contributed by atoms with E-state index in [0.29, 0.717) is 24.8 Å². The van der Waals surface area contributed by atoms with Crippen LogP contribution in [0.3, 0.4) is 0 Å². The number of likely N-dealkylation sites (tertiary alicyclic amines) is 1. The Morgan fingerprint density at radius 3 is 2.64 bits per heavy atom. The third-order valence-electron chi connectivity index (χ3n) is 6.94. The van der Waals surface area contributed by atoms with Crippen LogP contribution in [0.2, 0.25) is 0 Å². The molecule has 3 aromatic rings. The highest BCUT2D eigenvalue weighted by Gasteiger charge is 2.27. The van der Waals surface area contributed by atoms with E-state index < -0.39 is 6.04 Å². The van der Waals surface area contributed by atoms with E-state index in [2.05, 4.69) is 54.1 Å². The zero-order valence-electron chi connectivity index (χ0n) is 20.1. The van der Waals surface area contributed by atoms with Crippen molar-refractivity contribution in [2.24, 2.45) is 11.5 Å². The fourth-order valence-electron chi connectivity index (χ4n) is 5.14. The number of aryl methyl sites for hydroxylation is 1. The smallest absolute Gasteiger partial charge is 0.239 e. The normalized spacial score (nSPS) is 16.0. The number of hydrogen-bond acceptors (Lipinski definition) is 4. The maximum Gasteiger partial charge on any atom is 0.239 e. The molecule has 0 radical (unpaired) electrons. The number of pyridine rings is 1. The molecule has 1 aliphatic heterocycles. The van der Waals surface area contributed by atoms with E-state index in [1.165, 1.54) is 33.3 Å². The number of nitrogens with two attached hydrogens (primary N) is 2. The summed E-state index contributed by atoms with van der Waals surface area (Å²) < 4.78 is 0. The van der Waals surface area contributed by atoms with Crippen molar-refractivity contribution in [2.75, 3.05) is 19.6 Å². The van der Waals surface area contributed by atoms with Crippen LogP contribution >= 0.6 is 0 Å². The van der Waals surface area contributed by atoms with Gasteiger partial charge in [0.25, 0.3) is 0 Å². The Kier molecular flexibility index (Phi) is 7.15. The molecule has 6 nitrogen and oxygen atoms in total. The molecule has 0 bridgehead atoms. The van der Waals surface area contributed by atoms with Crippen molar-refractivity contribution in [3.05, 3.63) is 53.3 Å². The summed E-state index contributed by atoms with van der Waals surface area (Å²) in [4.78, 5) is 22.6. The summed E-state index contributed by atoms with van der Waals surface area (Å²) in [6.45, 7) is 8.65. The summed E-state index contributed by atoms with van der Waals surface area (Å²) in [5, 5.41) is 1.30. The highest BCUT2D eigenvalue weighted by Crippen LogP contribution is 2.38. The molecule has 1 saturated heterocycles. The predicted octanol–water partition coefficient (Wildman–Crippen LogP) is 4.43. The second-order valence-corrected chi connectivity index (χ2v) is 9.70. The van der Waals surface area contributed by atoms with Gasteiger partial charge >= 0.3 is 0 Å². The summed E-state index contributed by atoms with van der Waals surface area (Å²) in [6.07, 6.45) is 5.27. The first-order valence-electron chi connectivity index (χ1n) is 12.2. The van der Waals surface area contributed by atoms with Crippen LogP contribution in [0.25, 0.3) is 22.2 Å². The van der Waals surface area contributed by atoms with Crippen LogP contribution in [0.15, 0.2) is 36.5 Å². The maximum atomic E-state index is 12.7. The standard InChI is InChI=1S/C27H37N5O/c1-17(2)25-22-16-20(6-7-24(22)31-26(25)21-8-12-30-18(3)15-21)19-9-13-32(14-10-19)27(33)23(29)5-4-11-28/h6-8,12,15-17,19,23,31H,4-5,9-11,13-14,28-29H2,1-3H3/t23-/m0/s1. The Hall–Kier alpha value is -2.70. The number of carbonyl (C=O) groups excluding carboxylic acids is 1. The number of hydrogen-bond donors (Lipinski definition) is 3. The fraction of sp³-hybridized carbons (Fsp3) is 0.481. The summed E-state index contributed by atoms with van der Waals surface area (Å²) in [6, 6.07) is 10.6. The van der Waals surface area contributed by atoms with E-state index in [1.54, 1.807) is 0 Å². The largest absolute Gasteiger partial charge is 0.354 e. The minimum absolute atomic E-state index is 0.0716. The van der Waals surface area contributed by atoms with Crippen LogP contribution in [-0.4, -0.2) is 46.5 Å². The number of piperidine rings is 1. The zero-order chi connectivity index (χ0) is 23.5. The average molecular weight is 448 g/mol. The van der Waals surface area contributed by atoms with Crippen LogP contribution in [0.4, 0.5) is 0 Å². The minimum atomic E-state index is -0.426. The van der Waals surface area contributed by atoms with E-state index in [9.17, 15) is 4.79 Å². The predicted molar refractivity (Wildman–Crippen MR) is 135 cm³/mol. The molecular formula is C27H37N5O. The van der Waals surface area contributed by atoms with E-state index in [0.717, 1.165) is 38.0 Å². The molecule has 0 unspecified atom stereocenters. The number of aromatic amines is 1. The van der Waals surface area contributed by atoms with E-state index in [4.69, 9.17) is 11.5 Å². The van der Waals surface area contributed by atoms with E-state index in [1.807, 2.05) is 18.0 Å². The summed E-state index contributed by atoms with van der Waals surface area (Å²) in [5.74, 6) is 0.926. The van der Waals surface area contributed by atoms with Gasteiger partial charge in [0.05, 0.1) is 11.7 Å². The molecule has 0 spiro atoms. The monoisotopic (exact) mass is 447 g/mol. The lowest BCUT2D eigenvalue weighted by Crippen LogP contribution is -2.47. The number of nitrogens with zero attached hydrogens (tertiary/aromatic N) is 2. The third kappa shape index (κ3) is 4.97. The first-order valence-corrected chi connectivity index (χ1v) is 12.2. The molecule has 0 aliphatic carbocycles. The number of rotatable bonds is 7. The number of benzene rings is 1. The van der Waals surface area contributed by atoms with Crippen molar-refractivity contribution in [2.45, 2.75) is 64.3 Å². The Bertz CT molecular complexity index is 1110. The van der Waals surface area contributed by atoms with Crippen LogP contribution in [0.5, 0.6) is 0 Å². The molecule has 4 rings (SSSR count). The van der Waals surface area contributed by atoms with Gasteiger partial charge in [0.15, 0.2) is 0 Å². The number of carbonyl (C=O) groups is 1. The van der Waals surface area contributed by atoms with Crippen molar-refractivity contribution < 1.29 is 4.79 Å². The summed E-state index contributed by atoms with van der Waals surface area (Å²) in [7, 11) is 0. The topological polar surface area (TPSA) is 101 Å². The molecule has 5 N–H and O–H groups in total. The molecular weight excluding hydrogens is 410 g/mol. The van der Waals surface area contributed by atoms with Gasteiger partial charge in [-0.3, -0.25) is 9.78 Å². The second-order valence-electron chi connectivity index (χ2n) is 9.70. The first-order chi connectivity index (χ1) is 15.9. The van der Waals surface area contributed by atoms with Crippen molar-refractivity contribution >= 4 is 16.8 Å². The molecule has 2 aromatic heterocycles. The van der Waals surface area contributed by atoms with E-state index in [-0.39, 0.29) is 5.91 Å². The number of H-pyrrole nitrogens is 1. The summed E-state index contributed by atoms with van der Waals surface area (Å²) in [5.41, 5.74) is 18.9. The van der Waals surface area contributed by atoms with Crippen LogP contribution in [0.1, 0.15) is 68.2 Å². The number of aromatic nitrogens is 2. The molecule has 1 atom stereocenters. The molecule has 3 heterocycles. The van der Waals surface area contributed by atoms with Gasteiger partial charge in [-0.15, -0.1) is 0 Å². The Morgan fingerprint density at radius 2 is 1.97 bits per heavy atom. The highest BCUT2D eigenvalue weighted by molar-refractivity contribution is 5.92. The second kappa shape index (κ2) is 10.1. The minimum Gasteiger partial charge on any atom is -0.354 e. The van der Waals surface area contributed by atoms with Gasteiger partial charge in [-0.05, 0) is 86.4 Å². The first kappa shape index (κ1) is 23.5. The Balaban J connectivity index is 1.55. The van der Waals surface area contributed by atoms with Gasteiger partial charge in [0, 0.05) is 41.4 Å². The number of amides is 1. The van der Waals surface area contributed by atoms with Crippen LogP contribution in [-0.2, 0) is 4.79 Å². The lowest BCUT2D eigenvalue weighted by molar-refractivity contribution is -0.133. The molecule has 176 valence electrons. The molecule has 1 aliphatic rings. The lowest BCUT2D eigenvalue weighted by Gasteiger charge is -2.33. The SMILES string of the molecule is Cc1cc(-c2[nH]c3ccc(C4CCN(C(=O)[C@@H](N)CCCN)CC4)cc3c2C(C)C)ccn1. The van der Waals surface area contributed by atoms with Crippen molar-refractivity contribution in [1.29, 1.82) is 0 Å². The molecule has 33 heavy (non-hydrogen) atoms. The third-order valence-corrected chi connectivity index (χ3v) is 6.94. The Morgan fingerprint density at radius 1 is 1.21 bits per heavy atom. The lowest BCUT2D eigenvalue weighted by atomic mass is 9.87. The molecule has 0 saturated carbocycles. The van der Waals surface area contributed by atoms with Crippen LogP contribution < -0.4 is 11.5 Å². The van der Waals surface area contributed by atoms with Gasteiger partial charge in [0.1, 0.15) is 0 Å². The zero-order valence-corrected chi connectivity index (χ0v) is 20.1. The highest BCUT2D eigenvalue weighted by atomic mass is 16.2. The molecule has 6 heteroatoms. The number of nitrogens with one attached hydrogen (secondary N) is 1. The Labute approximate surface area is 196 Å². The van der Waals surface area contributed by atoms with Crippen molar-refractivity contribution in [1.82, 2.24) is 14.9 Å². The fourth-order valence-corrected chi connectivity index (χ4v) is 5.14. The van der Waals surface area contributed by atoms with Gasteiger partial charge < -0.3 is 21.4 Å². The molecule has 1 amide bonds. The quantitative estimate of drug-likeness (QED) is 0.498. The maximum absolute atomic E-state index is 12.7. The van der Waals surface area contributed by atoms with Crippen LogP contribution in [0, 0.1) is 6.92 Å². The van der Waals surface area contributed by atoms with Gasteiger partial charge in [-0.25, -0.2) is 0 Å². The molecule has 1 aromatic carbocycles.